The molecule has 2 N–H and O–H groups in total. The van der Waals surface area contributed by atoms with Gasteiger partial charge in [0, 0.05) is 0 Å². The summed E-state index contributed by atoms with van der Waals surface area (Å²) < 4.78 is 36.1. The highest BCUT2D eigenvalue weighted by Crippen LogP contribution is 2.45. The van der Waals surface area contributed by atoms with Gasteiger partial charge in [-0.1, -0.05) is 18.2 Å². The van der Waals surface area contributed by atoms with Crippen molar-refractivity contribution in [2.24, 2.45) is 0 Å². The number of esters is 1. The Morgan fingerprint density at radius 3 is 2.75 bits per heavy atom. The molecule has 1 aromatic heterocycles. The van der Waals surface area contributed by atoms with Gasteiger partial charge in [-0.3, -0.25) is 19.1 Å². The van der Waals surface area contributed by atoms with Gasteiger partial charge in [-0.2, -0.15) is 9.78 Å². The van der Waals surface area contributed by atoms with Gasteiger partial charge in [0.1, 0.15) is 18.5 Å². The van der Waals surface area contributed by atoms with Crippen molar-refractivity contribution in [2.75, 3.05) is 13.2 Å². The predicted molar refractivity (Wildman–Crippen MR) is 112 cm³/mol. The maximum atomic E-state index is 13.2. The Balaban J connectivity index is 1.62. The molecule has 3 atom stereocenters. The summed E-state index contributed by atoms with van der Waals surface area (Å²) in [6.45, 7) is 2.88. The fourth-order valence-corrected chi connectivity index (χ4v) is 4.22. The average molecular weight is 468 g/mol. The van der Waals surface area contributed by atoms with E-state index in [2.05, 4.69) is 15.2 Å². The average Bonchev–Trinajstić information content (AvgIpc) is 3.20. The second-order valence-electron chi connectivity index (χ2n) is 7.24. The first-order valence-electron chi connectivity index (χ1n) is 10.0. The lowest BCUT2D eigenvalue weighted by Gasteiger charge is -2.22. The molecule has 0 saturated carbocycles. The zero-order valence-electron chi connectivity index (χ0n) is 17.6. The maximum Gasteiger partial charge on any atom is 0.459 e. The van der Waals surface area contributed by atoms with E-state index in [1.165, 1.54) is 0 Å². The third kappa shape index (κ3) is 6.86. The molecule has 1 aromatic carbocycles. The van der Waals surface area contributed by atoms with E-state index in [1.807, 2.05) is 0 Å². The van der Waals surface area contributed by atoms with E-state index in [9.17, 15) is 18.9 Å². The second kappa shape index (κ2) is 10.7. The molecule has 2 heterocycles. The Labute approximate surface area is 183 Å². The number of nitrogens with zero attached hydrogens (tertiary/aromatic N) is 2. The minimum atomic E-state index is -3.96. The molecular weight excluding hydrogens is 443 g/mol. The minimum Gasteiger partial charge on any atom is -0.462 e. The number of para-hydroxylation sites is 1. The normalized spacial score (nSPS) is 20.1. The highest BCUT2D eigenvalue weighted by molar-refractivity contribution is 7.52. The fraction of sp³-hybridized carbons (Fsp3) is 0.474. The predicted octanol–water partition coefficient (Wildman–Crippen LogP) is 1.35. The van der Waals surface area contributed by atoms with Crippen molar-refractivity contribution >= 4 is 13.7 Å². The maximum absolute atomic E-state index is 13.2. The van der Waals surface area contributed by atoms with Crippen LogP contribution in [0.25, 0.3) is 0 Å². The van der Waals surface area contributed by atoms with Crippen LogP contribution in [0.4, 0.5) is 0 Å². The molecule has 32 heavy (non-hydrogen) atoms. The molecule has 0 aliphatic carbocycles. The van der Waals surface area contributed by atoms with E-state index in [4.69, 9.17) is 18.5 Å². The SMILES string of the molecule is CC(C)OC(=O)CNP(=O)(OCC1CCC(n2ncc(=O)[nH]c2=O)O1)Oc1ccccc1. The van der Waals surface area contributed by atoms with E-state index < -0.39 is 37.3 Å². The molecule has 174 valence electrons. The van der Waals surface area contributed by atoms with Crippen molar-refractivity contribution in [1.82, 2.24) is 19.9 Å². The smallest absolute Gasteiger partial charge is 0.459 e. The van der Waals surface area contributed by atoms with Crippen LogP contribution >= 0.6 is 7.75 Å². The van der Waals surface area contributed by atoms with Gasteiger partial charge in [-0.15, -0.1) is 0 Å². The number of carbonyl (C=O) groups is 1. The first kappa shape index (κ1) is 23.9. The Morgan fingerprint density at radius 2 is 2.06 bits per heavy atom. The lowest BCUT2D eigenvalue weighted by Crippen LogP contribution is -2.34. The van der Waals surface area contributed by atoms with E-state index >= 15 is 0 Å². The van der Waals surface area contributed by atoms with E-state index in [0.717, 1.165) is 10.9 Å². The van der Waals surface area contributed by atoms with E-state index in [-0.39, 0.29) is 25.0 Å². The monoisotopic (exact) mass is 468 g/mol. The van der Waals surface area contributed by atoms with Crippen LogP contribution in [0.1, 0.15) is 32.9 Å². The number of rotatable bonds is 10. The van der Waals surface area contributed by atoms with Crippen molar-refractivity contribution < 1.29 is 27.9 Å². The molecular formula is C19H25N4O8P. The quantitative estimate of drug-likeness (QED) is 0.386. The fourth-order valence-electron chi connectivity index (χ4n) is 2.93. The lowest BCUT2D eigenvalue weighted by atomic mass is 10.2. The standard InChI is InChI=1S/C19H25N4O8P/c1-13(2)29-18(25)11-21-32(27,31-14-6-4-3-5-7-14)28-12-15-8-9-17(30-15)23-19(26)22-16(24)10-20-23/h3-7,10,13,15,17H,8-9,11-12H2,1-2H3,(H,21,27)(H,22,24,26). The largest absolute Gasteiger partial charge is 0.462 e. The van der Waals surface area contributed by atoms with Crippen molar-refractivity contribution in [3.63, 3.8) is 0 Å². The first-order valence-corrected chi connectivity index (χ1v) is 11.6. The molecule has 0 amide bonds. The summed E-state index contributed by atoms with van der Waals surface area (Å²) >= 11 is 0. The zero-order valence-corrected chi connectivity index (χ0v) is 18.5. The van der Waals surface area contributed by atoms with Gasteiger partial charge in [-0.05, 0) is 38.8 Å². The molecule has 0 bridgehead atoms. The van der Waals surface area contributed by atoms with E-state index in [1.54, 1.807) is 44.2 Å². The molecule has 1 fully saturated rings. The molecule has 1 saturated heterocycles. The number of aromatic amines is 1. The lowest BCUT2D eigenvalue weighted by molar-refractivity contribution is -0.145. The Morgan fingerprint density at radius 1 is 1.31 bits per heavy atom. The van der Waals surface area contributed by atoms with Crippen LogP contribution in [-0.2, 0) is 23.4 Å². The van der Waals surface area contributed by atoms with Crippen molar-refractivity contribution in [3.05, 3.63) is 57.4 Å². The number of hydrogen-bond donors (Lipinski definition) is 2. The van der Waals surface area contributed by atoms with Crippen molar-refractivity contribution in [3.8, 4) is 5.75 Å². The van der Waals surface area contributed by atoms with Gasteiger partial charge in [0.15, 0.2) is 6.23 Å². The first-order chi connectivity index (χ1) is 15.2. The van der Waals surface area contributed by atoms with Crippen LogP contribution in [0.15, 0.2) is 46.1 Å². The van der Waals surface area contributed by atoms with Crippen LogP contribution in [0, 0.1) is 0 Å². The molecule has 12 nitrogen and oxygen atoms in total. The van der Waals surface area contributed by atoms with Crippen molar-refractivity contribution in [1.29, 1.82) is 0 Å². The van der Waals surface area contributed by atoms with Crippen LogP contribution < -0.4 is 20.9 Å². The van der Waals surface area contributed by atoms with Gasteiger partial charge < -0.3 is 14.0 Å². The summed E-state index contributed by atoms with van der Waals surface area (Å²) in [5.74, 6) is -0.323. The Bertz CT molecular complexity index is 1070. The summed E-state index contributed by atoms with van der Waals surface area (Å²) in [5.41, 5.74) is -1.29. The summed E-state index contributed by atoms with van der Waals surface area (Å²) in [6.07, 6.45) is 0.364. The number of nitrogens with one attached hydrogen (secondary N) is 2. The van der Waals surface area contributed by atoms with Crippen LogP contribution in [-0.4, -0.2) is 46.1 Å². The molecule has 1 aliphatic heterocycles. The van der Waals surface area contributed by atoms with Crippen molar-refractivity contribution in [2.45, 2.75) is 45.1 Å². The number of aromatic nitrogens is 3. The number of hydrogen-bond acceptors (Lipinski definition) is 9. The Kier molecular flexibility index (Phi) is 7.97. The summed E-state index contributed by atoms with van der Waals surface area (Å²) in [7, 11) is -3.96. The third-order valence-corrected chi connectivity index (χ3v) is 5.76. The number of ether oxygens (including phenoxy) is 2. The van der Waals surface area contributed by atoms with Gasteiger partial charge in [0.25, 0.3) is 5.56 Å². The molecule has 13 heteroatoms. The number of H-pyrrole nitrogens is 1. The summed E-state index contributed by atoms with van der Waals surface area (Å²) in [5, 5.41) is 6.29. The zero-order chi connectivity index (χ0) is 23.1. The van der Waals surface area contributed by atoms with Gasteiger partial charge in [0.05, 0.1) is 18.8 Å². The van der Waals surface area contributed by atoms with Gasteiger partial charge in [-0.25, -0.2) is 14.4 Å². The molecule has 3 unspecified atom stereocenters. The Hall–Kier alpha value is -2.79. The summed E-state index contributed by atoms with van der Waals surface area (Å²) in [6, 6.07) is 8.37. The van der Waals surface area contributed by atoms with Gasteiger partial charge >= 0.3 is 19.4 Å². The highest BCUT2D eigenvalue weighted by atomic mass is 31.2. The number of benzene rings is 1. The molecule has 1 aliphatic rings. The van der Waals surface area contributed by atoms with Crippen LogP contribution in [0.2, 0.25) is 0 Å². The van der Waals surface area contributed by atoms with Crippen LogP contribution in [0.5, 0.6) is 5.75 Å². The molecule has 3 rings (SSSR count). The van der Waals surface area contributed by atoms with Crippen LogP contribution in [0.3, 0.4) is 0 Å². The molecule has 0 spiro atoms. The minimum absolute atomic E-state index is 0.134. The topological polar surface area (TPSA) is 151 Å². The van der Waals surface area contributed by atoms with Gasteiger partial charge in [0.2, 0.25) is 0 Å². The third-order valence-electron chi connectivity index (χ3n) is 4.28. The molecule has 2 aromatic rings. The van der Waals surface area contributed by atoms with E-state index in [0.29, 0.717) is 12.8 Å². The molecule has 0 radical (unpaired) electrons. The second-order valence-corrected chi connectivity index (χ2v) is 9.00. The number of carbonyl (C=O) groups excluding carboxylic acids is 1. The summed E-state index contributed by atoms with van der Waals surface area (Å²) in [4.78, 5) is 37.0. The highest BCUT2D eigenvalue weighted by Gasteiger charge is 2.33.